The van der Waals surface area contributed by atoms with Crippen molar-refractivity contribution in [3.63, 3.8) is 0 Å². The number of benzene rings is 2. The summed E-state index contributed by atoms with van der Waals surface area (Å²) >= 11 is 15.5. The molecule has 1 N–H and O–H groups in total. The minimum absolute atomic E-state index is 0.716. The van der Waals surface area contributed by atoms with Crippen molar-refractivity contribution in [2.75, 3.05) is 5.32 Å². The van der Waals surface area contributed by atoms with Crippen LogP contribution in [0.1, 0.15) is 11.1 Å². The first-order valence-corrected chi connectivity index (χ1v) is 7.06. The third-order valence-corrected chi connectivity index (χ3v) is 4.38. The van der Waals surface area contributed by atoms with Crippen molar-refractivity contribution >= 4 is 44.8 Å². The van der Waals surface area contributed by atoms with E-state index in [0.29, 0.717) is 6.54 Å². The fourth-order valence-electron chi connectivity index (χ4n) is 1.65. The number of hydrogen-bond donors (Lipinski definition) is 1. The van der Waals surface area contributed by atoms with Crippen LogP contribution in [-0.4, -0.2) is 0 Å². The van der Waals surface area contributed by atoms with Crippen molar-refractivity contribution in [1.82, 2.24) is 0 Å². The van der Waals surface area contributed by atoms with Gasteiger partial charge in [-0.3, -0.25) is 0 Å². The number of nitrogens with one attached hydrogen (secondary N) is 1. The zero-order valence-corrected chi connectivity index (χ0v) is 12.9. The standard InChI is InChI=1S/C14H12BrCl2N/c1-9-12(16)3-2-4-14(9)18-8-10-5-6-11(15)13(17)7-10/h2-7,18H,8H2,1H3. The molecule has 0 atom stereocenters. The molecule has 2 rings (SSSR count). The van der Waals surface area contributed by atoms with Gasteiger partial charge in [-0.05, 0) is 58.2 Å². The lowest BCUT2D eigenvalue weighted by Gasteiger charge is -2.11. The Kier molecular flexibility index (Phi) is 4.55. The molecule has 0 amide bonds. The third kappa shape index (κ3) is 3.19. The Labute approximate surface area is 125 Å². The van der Waals surface area contributed by atoms with E-state index in [1.54, 1.807) is 0 Å². The molecule has 2 aromatic rings. The SMILES string of the molecule is Cc1c(Cl)cccc1NCc1ccc(Br)c(Cl)c1. The highest BCUT2D eigenvalue weighted by molar-refractivity contribution is 9.10. The van der Waals surface area contributed by atoms with Gasteiger partial charge in [-0.25, -0.2) is 0 Å². The molecule has 4 heteroatoms. The number of halogens is 3. The van der Waals surface area contributed by atoms with Crippen molar-refractivity contribution in [2.24, 2.45) is 0 Å². The molecular formula is C14H12BrCl2N. The second-order valence-corrected chi connectivity index (χ2v) is 5.68. The van der Waals surface area contributed by atoms with Crippen LogP contribution in [0.2, 0.25) is 10.0 Å². The first-order chi connectivity index (χ1) is 8.58. The van der Waals surface area contributed by atoms with Crippen LogP contribution in [0.4, 0.5) is 5.69 Å². The van der Waals surface area contributed by atoms with E-state index < -0.39 is 0 Å². The molecule has 0 saturated heterocycles. The van der Waals surface area contributed by atoms with E-state index in [0.717, 1.165) is 31.3 Å². The van der Waals surface area contributed by atoms with Gasteiger partial charge in [0, 0.05) is 21.7 Å². The van der Waals surface area contributed by atoms with Crippen LogP contribution in [0.5, 0.6) is 0 Å². The lowest BCUT2D eigenvalue weighted by atomic mass is 10.2. The van der Waals surface area contributed by atoms with Gasteiger partial charge >= 0.3 is 0 Å². The molecule has 94 valence electrons. The molecule has 18 heavy (non-hydrogen) atoms. The maximum atomic E-state index is 6.07. The average Bonchev–Trinajstić information content (AvgIpc) is 2.35. The first-order valence-electron chi connectivity index (χ1n) is 5.51. The Hall–Kier alpha value is -0.700. The van der Waals surface area contributed by atoms with E-state index in [1.807, 2.05) is 43.3 Å². The second kappa shape index (κ2) is 5.96. The smallest absolute Gasteiger partial charge is 0.0551 e. The van der Waals surface area contributed by atoms with E-state index in [1.165, 1.54) is 0 Å². The summed E-state index contributed by atoms with van der Waals surface area (Å²) in [5.74, 6) is 0. The predicted octanol–water partition coefficient (Wildman–Crippen LogP) is 5.68. The quantitative estimate of drug-likeness (QED) is 0.755. The molecule has 0 unspecified atom stereocenters. The highest BCUT2D eigenvalue weighted by Crippen LogP contribution is 2.25. The molecule has 0 aromatic heterocycles. The summed E-state index contributed by atoms with van der Waals surface area (Å²) in [6, 6.07) is 11.8. The summed E-state index contributed by atoms with van der Waals surface area (Å²) < 4.78 is 0.909. The molecule has 0 saturated carbocycles. The Morgan fingerprint density at radius 2 is 1.89 bits per heavy atom. The second-order valence-electron chi connectivity index (χ2n) is 4.01. The summed E-state index contributed by atoms with van der Waals surface area (Å²) in [6.07, 6.45) is 0. The molecule has 0 spiro atoms. The summed E-state index contributed by atoms with van der Waals surface area (Å²) in [5, 5.41) is 4.85. The number of hydrogen-bond acceptors (Lipinski definition) is 1. The molecule has 0 fully saturated rings. The van der Waals surface area contributed by atoms with Crippen LogP contribution in [0.25, 0.3) is 0 Å². The van der Waals surface area contributed by atoms with E-state index in [9.17, 15) is 0 Å². The van der Waals surface area contributed by atoms with Crippen LogP contribution in [0, 0.1) is 6.92 Å². The van der Waals surface area contributed by atoms with Crippen LogP contribution in [0.3, 0.4) is 0 Å². The first kappa shape index (κ1) is 13.7. The maximum Gasteiger partial charge on any atom is 0.0551 e. The lowest BCUT2D eigenvalue weighted by molar-refractivity contribution is 1.14. The van der Waals surface area contributed by atoms with Gasteiger partial charge in [0.2, 0.25) is 0 Å². The van der Waals surface area contributed by atoms with Gasteiger partial charge in [-0.15, -0.1) is 0 Å². The number of rotatable bonds is 3. The highest BCUT2D eigenvalue weighted by atomic mass is 79.9. The van der Waals surface area contributed by atoms with E-state index in [4.69, 9.17) is 23.2 Å². The normalized spacial score (nSPS) is 10.4. The van der Waals surface area contributed by atoms with Crippen molar-refractivity contribution in [3.8, 4) is 0 Å². The van der Waals surface area contributed by atoms with Gasteiger partial charge in [0.15, 0.2) is 0 Å². The predicted molar refractivity (Wildman–Crippen MR) is 82.7 cm³/mol. The third-order valence-electron chi connectivity index (χ3n) is 2.73. The Balaban J connectivity index is 2.11. The van der Waals surface area contributed by atoms with E-state index in [2.05, 4.69) is 21.2 Å². The Bertz CT molecular complexity index is 570. The van der Waals surface area contributed by atoms with E-state index in [-0.39, 0.29) is 0 Å². The molecule has 2 aromatic carbocycles. The largest absolute Gasteiger partial charge is 0.381 e. The van der Waals surface area contributed by atoms with Crippen LogP contribution < -0.4 is 5.32 Å². The van der Waals surface area contributed by atoms with Crippen LogP contribution in [-0.2, 0) is 6.54 Å². The van der Waals surface area contributed by atoms with Gasteiger partial charge in [-0.1, -0.05) is 35.3 Å². The average molecular weight is 345 g/mol. The minimum Gasteiger partial charge on any atom is -0.381 e. The van der Waals surface area contributed by atoms with Gasteiger partial charge in [0.25, 0.3) is 0 Å². The molecule has 0 aliphatic heterocycles. The highest BCUT2D eigenvalue weighted by Gasteiger charge is 2.03. The van der Waals surface area contributed by atoms with Crippen molar-refractivity contribution in [1.29, 1.82) is 0 Å². The topological polar surface area (TPSA) is 12.0 Å². The van der Waals surface area contributed by atoms with Gasteiger partial charge in [-0.2, -0.15) is 0 Å². The van der Waals surface area contributed by atoms with Crippen molar-refractivity contribution < 1.29 is 0 Å². The summed E-state index contributed by atoms with van der Waals surface area (Å²) in [7, 11) is 0. The molecule has 0 radical (unpaired) electrons. The molecule has 0 aliphatic rings. The van der Waals surface area contributed by atoms with Gasteiger partial charge in [0.1, 0.15) is 0 Å². The zero-order chi connectivity index (χ0) is 13.1. The van der Waals surface area contributed by atoms with E-state index >= 15 is 0 Å². The van der Waals surface area contributed by atoms with Gasteiger partial charge < -0.3 is 5.32 Å². The van der Waals surface area contributed by atoms with Crippen molar-refractivity contribution in [2.45, 2.75) is 13.5 Å². The van der Waals surface area contributed by atoms with Crippen LogP contribution >= 0.6 is 39.1 Å². The molecule has 0 aliphatic carbocycles. The minimum atomic E-state index is 0.716. The van der Waals surface area contributed by atoms with Crippen LogP contribution in [0.15, 0.2) is 40.9 Å². The molecular weight excluding hydrogens is 333 g/mol. The summed E-state index contributed by atoms with van der Waals surface area (Å²) in [6.45, 7) is 2.72. The fourth-order valence-corrected chi connectivity index (χ4v) is 2.27. The lowest BCUT2D eigenvalue weighted by Crippen LogP contribution is -2.01. The summed E-state index contributed by atoms with van der Waals surface area (Å²) in [5.41, 5.74) is 3.23. The fraction of sp³-hybridized carbons (Fsp3) is 0.143. The van der Waals surface area contributed by atoms with Gasteiger partial charge in [0.05, 0.1) is 5.02 Å². The Morgan fingerprint density at radius 1 is 1.11 bits per heavy atom. The summed E-state index contributed by atoms with van der Waals surface area (Å²) in [4.78, 5) is 0. The molecule has 1 nitrogen and oxygen atoms in total. The number of anilines is 1. The zero-order valence-electron chi connectivity index (χ0n) is 9.81. The Morgan fingerprint density at radius 3 is 2.61 bits per heavy atom. The monoisotopic (exact) mass is 343 g/mol. The molecule has 0 bridgehead atoms. The molecule has 0 heterocycles. The maximum absolute atomic E-state index is 6.07. The van der Waals surface area contributed by atoms with Crippen molar-refractivity contribution in [3.05, 3.63) is 62.0 Å².